The number of nitrogens with zero attached hydrogens (tertiary/aromatic N) is 3. The molecular formula is C15H13N3O3. The molecule has 0 bridgehead atoms. The van der Waals surface area contributed by atoms with Gasteiger partial charge < -0.3 is 14.4 Å². The van der Waals surface area contributed by atoms with E-state index in [2.05, 4.69) is 15.1 Å². The molecule has 21 heavy (non-hydrogen) atoms. The third-order valence-corrected chi connectivity index (χ3v) is 2.86. The summed E-state index contributed by atoms with van der Waals surface area (Å²) < 4.78 is 10.5. The van der Waals surface area contributed by atoms with Crippen molar-refractivity contribution in [2.24, 2.45) is 0 Å². The molecule has 0 saturated carbocycles. The van der Waals surface area contributed by atoms with Crippen LogP contribution in [0.5, 0.6) is 11.5 Å². The summed E-state index contributed by atoms with van der Waals surface area (Å²) in [6, 6.07) is 11.3. The fourth-order valence-corrected chi connectivity index (χ4v) is 1.85. The van der Waals surface area contributed by atoms with E-state index >= 15 is 0 Å². The smallest absolute Gasteiger partial charge is 0.224 e. The van der Waals surface area contributed by atoms with Gasteiger partial charge in [-0.3, -0.25) is 0 Å². The summed E-state index contributed by atoms with van der Waals surface area (Å²) in [4.78, 5) is 8.11. The lowest BCUT2D eigenvalue weighted by Crippen LogP contribution is -1.97. The lowest BCUT2D eigenvalue weighted by atomic mass is 10.2. The SMILES string of the molecule is Cc1nc(-c2nccc(OCc3ccccc3)c2O)no1. The molecule has 2 aromatic heterocycles. The van der Waals surface area contributed by atoms with Crippen molar-refractivity contribution < 1.29 is 14.4 Å². The molecule has 3 aromatic rings. The summed E-state index contributed by atoms with van der Waals surface area (Å²) in [7, 11) is 0. The molecule has 6 nitrogen and oxygen atoms in total. The average molecular weight is 283 g/mol. The van der Waals surface area contributed by atoms with Crippen LogP contribution in [0.2, 0.25) is 0 Å². The van der Waals surface area contributed by atoms with Crippen molar-refractivity contribution in [3.8, 4) is 23.0 Å². The number of hydrogen-bond acceptors (Lipinski definition) is 6. The Morgan fingerprint density at radius 3 is 2.71 bits per heavy atom. The molecular weight excluding hydrogens is 270 g/mol. The van der Waals surface area contributed by atoms with E-state index in [-0.39, 0.29) is 17.3 Å². The van der Waals surface area contributed by atoms with Gasteiger partial charge in [-0.05, 0) is 5.56 Å². The second kappa shape index (κ2) is 5.62. The molecule has 0 atom stereocenters. The lowest BCUT2D eigenvalue weighted by molar-refractivity contribution is 0.288. The van der Waals surface area contributed by atoms with Gasteiger partial charge in [0.05, 0.1) is 0 Å². The van der Waals surface area contributed by atoms with Gasteiger partial charge in [0.1, 0.15) is 6.61 Å². The highest BCUT2D eigenvalue weighted by atomic mass is 16.5. The number of ether oxygens (including phenoxy) is 1. The Labute approximate surface area is 121 Å². The standard InChI is InChI=1S/C15H13N3O3/c1-10-17-15(18-21-10)13-14(19)12(7-8-16-13)20-9-11-5-3-2-4-6-11/h2-8,19H,9H2,1H3. The molecule has 1 aromatic carbocycles. The highest BCUT2D eigenvalue weighted by Crippen LogP contribution is 2.34. The fraction of sp³-hybridized carbons (Fsp3) is 0.133. The molecule has 6 heteroatoms. The van der Waals surface area contributed by atoms with Gasteiger partial charge >= 0.3 is 0 Å². The van der Waals surface area contributed by atoms with Crippen molar-refractivity contribution in [1.29, 1.82) is 0 Å². The Kier molecular flexibility index (Phi) is 3.51. The van der Waals surface area contributed by atoms with Gasteiger partial charge in [-0.25, -0.2) is 4.98 Å². The zero-order chi connectivity index (χ0) is 14.7. The summed E-state index contributed by atoms with van der Waals surface area (Å²) in [5.41, 5.74) is 1.24. The zero-order valence-electron chi connectivity index (χ0n) is 11.4. The van der Waals surface area contributed by atoms with Crippen LogP contribution in [-0.4, -0.2) is 20.2 Å². The van der Waals surface area contributed by atoms with E-state index in [9.17, 15) is 5.11 Å². The van der Waals surface area contributed by atoms with Gasteiger partial charge in [-0.2, -0.15) is 4.98 Å². The summed E-state index contributed by atoms with van der Waals surface area (Å²) in [5, 5.41) is 14.0. The third kappa shape index (κ3) is 2.84. The maximum atomic E-state index is 10.2. The van der Waals surface area contributed by atoms with Crippen molar-refractivity contribution in [3.63, 3.8) is 0 Å². The summed E-state index contributed by atoms with van der Waals surface area (Å²) in [6.07, 6.45) is 1.53. The molecule has 0 unspecified atom stereocenters. The first-order valence-electron chi connectivity index (χ1n) is 6.39. The van der Waals surface area contributed by atoms with Crippen LogP contribution in [-0.2, 0) is 6.61 Å². The van der Waals surface area contributed by atoms with E-state index < -0.39 is 0 Å². The molecule has 1 N–H and O–H groups in total. The highest BCUT2D eigenvalue weighted by Gasteiger charge is 2.16. The quantitative estimate of drug-likeness (QED) is 0.792. The van der Waals surface area contributed by atoms with Crippen molar-refractivity contribution in [2.75, 3.05) is 0 Å². The fourth-order valence-electron chi connectivity index (χ4n) is 1.85. The number of benzene rings is 1. The molecule has 2 heterocycles. The van der Waals surface area contributed by atoms with Crippen molar-refractivity contribution in [3.05, 3.63) is 54.0 Å². The molecule has 0 aliphatic heterocycles. The Hall–Kier alpha value is -2.89. The second-order valence-corrected chi connectivity index (χ2v) is 4.42. The normalized spacial score (nSPS) is 10.5. The molecule has 0 aliphatic rings. The van der Waals surface area contributed by atoms with Crippen LogP contribution in [0.25, 0.3) is 11.5 Å². The van der Waals surface area contributed by atoms with Crippen LogP contribution in [0.15, 0.2) is 47.1 Å². The summed E-state index contributed by atoms with van der Waals surface area (Å²) in [6.45, 7) is 2.02. The Bertz CT molecular complexity index is 741. The molecule has 0 aliphatic carbocycles. The predicted molar refractivity (Wildman–Crippen MR) is 74.7 cm³/mol. The third-order valence-electron chi connectivity index (χ3n) is 2.86. The van der Waals surface area contributed by atoms with E-state index in [1.807, 2.05) is 30.3 Å². The zero-order valence-corrected chi connectivity index (χ0v) is 11.4. The van der Waals surface area contributed by atoms with E-state index in [0.29, 0.717) is 18.2 Å². The average Bonchev–Trinajstić information content (AvgIpc) is 2.94. The van der Waals surface area contributed by atoms with Gasteiger partial charge in [0.15, 0.2) is 17.2 Å². The largest absolute Gasteiger partial charge is 0.503 e. The molecule has 0 radical (unpaired) electrons. The maximum absolute atomic E-state index is 10.2. The minimum atomic E-state index is -0.103. The molecule has 3 rings (SSSR count). The van der Waals surface area contributed by atoms with Crippen molar-refractivity contribution in [1.82, 2.24) is 15.1 Å². The Morgan fingerprint density at radius 2 is 2.00 bits per heavy atom. The second-order valence-electron chi connectivity index (χ2n) is 4.42. The lowest BCUT2D eigenvalue weighted by Gasteiger charge is -2.09. The van der Waals surface area contributed by atoms with E-state index in [1.54, 1.807) is 13.0 Å². The minimum absolute atomic E-state index is 0.103. The molecule has 0 fully saturated rings. The molecule has 0 spiro atoms. The molecule has 106 valence electrons. The number of aryl methyl sites for hydroxylation is 1. The van der Waals surface area contributed by atoms with Gasteiger partial charge in [-0.15, -0.1) is 0 Å². The van der Waals surface area contributed by atoms with Crippen LogP contribution in [0.4, 0.5) is 0 Å². The number of hydrogen-bond donors (Lipinski definition) is 1. The van der Waals surface area contributed by atoms with Gasteiger partial charge in [0.25, 0.3) is 0 Å². The predicted octanol–water partition coefficient (Wildman–Crippen LogP) is 2.72. The molecule has 0 amide bonds. The monoisotopic (exact) mass is 283 g/mol. The van der Waals surface area contributed by atoms with Crippen LogP contribution in [0.3, 0.4) is 0 Å². The van der Waals surface area contributed by atoms with Crippen molar-refractivity contribution in [2.45, 2.75) is 13.5 Å². The minimum Gasteiger partial charge on any atom is -0.503 e. The van der Waals surface area contributed by atoms with Gasteiger partial charge in [0, 0.05) is 19.2 Å². The number of pyridine rings is 1. The van der Waals surface area contributed by atoms with E-state index in [1.165, 1.54) is 6.20 Å². The van der Waals surface area contributed by atoms with Crippen LogP contribution < -0.4 is 4.74 Å². The maximum Gasteiger partial charge on any atom is 0.224 e. The first-order chi connectivity index (χ1) is 10.2. The van der Waals surface area contributed by atoms with Crippen molar-refractivity contribution >= 4 is 0 Å². The molecule has 0 saturated heterocycles. The summed E-state index contributed by atoms with van der Waals surface area (Å²) >= 11 is 0. The topological polar surface area (TPSA) is 81.3 Å². The Balaban J connectivity index is 1.83. The van der Waals surface area contributed by atoms with Gasteiger partial charge in [0.2, 0.25) is 11.7 Å². The van der Waals surface area contributed by atoms with Crippen LogP contribution >= 0.6 is 0 Å². The van der Waals surface area contributed by atoms with Gasteiger partial charge in [-0.1, -0.05) is 35.5 Å². The Morgan fingerprint density at radius 1 is 1.19 bits per heavy atom. The number of rotatable bonds is 4. The number of aromatic hydroxyl groups is 1. The first kappa shape index (κ1) is 13.1. The first-order valence-corrected chi connectivity index (χ1v) is 6.39. The van der Waals surface area contributed by atoms with Crippen LogP contribution in [0, 0.1) is 6.92 Å². The summed E-state index contributed by atoms with van der Waals surface area (Å²) in [5.74, 6) is 0.859. The van der Waals surface area contributed by atoms with E-state index in [0.717, 1.165) is 5.56 Å². The number of aromatic nitrogens is 3. The van der Waals surface area contributed by atoms with Crippen LogP contribution in [0.1, 0.15) is 11.5 Å². The highest BCUT2D eigenvalue weighted by molar-refractivity contribution is 5.62. The van der Waals surface area contributed by atoms with E-state index in [4.69, 9.17) is 9.26 Å².